The maximum absolute atomic E-state index is 12.3. The number of hydrogen-bond acceptors (Lipinski definition) is 7. The molecule has 3 rings (SSSR count). The summed E-state index contributed by atoms with van der Waals surface area (Å²) in [5, 5.41) is 10.4. The van der Waals surface area contributed by atoms with Crippen LogP contribution in [0.3, 0.4) is 0 Å². The van der Waals surface area contributed by atoms with Crippen molar-refractivity contribution in [2.45, 2.75) is 10.9 Å². The van der Waals surface area contributed by atoms with E-state index in [0.29, 0.717) is 17.2 Å². The molecule has 0 saturated carbocycles. The van der Waals surface area contributed by atoms with Gasteiger partial charge in [0.05, 0.1) is 13.2 Å². The van der Waals surface area contributed by atoms with Crippen molar-refractivity contribution in [2.24, 2.45) is 0 Å². The van der Waals surface area contributed by atoms with E-state index in [-0.39, 0.29) is 22.6 Å². The monoisotopic (exact) mass is 452 g/mol. The zero-order valence-electron chi connectivity index (χ0n) is 15.0. The van der Waals surface area contributed by atoms with Crippen LogP contribution in [0.15, 0.2) is 58.9 Å². The maximum atomic E-state index is 12.3. The quantitative estimate of drug-likeness (QED) is 0.381. The summed E-state index contributed by atoms with van der Waals surface area (Å²) in [5.41, 5.74) is 1.36. The number of rotatable bonds is 9. The molecule has 0 fully saturated rings. The molecule has 0 aliphatic heterocycles. The molecule has 8 nitrogen and oxygen atoms in total. The zero-order chi connectivity index (χ0) is 20.7. The van der Waals surface area contributed by atoms with E-state index in [4.69, 9.17) is 16.3 Å². The Morgan fingerprint density at radius 3 is 2.52 bits per heavy atom. The van der Waals surface area contributed by atoms with Gasteiger partial charge in [-0.05, 0) is 29.8 Å². The van der Waals surface area contributed by atoms with E-state index in [9.17, 15) is 13.2 Å². The molecule has 152 valence electrons. The van der Waals surface area contributed by atoms with Crippen molar-refractivity contribution in [1.82, 2.24) is 14.9 Å². The lowest BCUT2D eigenvalue weighted by atomic mass is 10.2. The molecule has 0 atom stereocenters. The van der Waals surface area contributed by atoms with Gasteiger partial charge < -0.3 is 4.74 Å². The van der Waals surface area contributed by atoms with Crippen LogP contribution in [0, 0.1) is 0 Å². The Kier molecular flexibility index (Phi) is 7.29. The number of carbonyl (C=O) groups excluding carboxylic acids is 1. The Morgan fingerprint density at radius 2 is 1.79 bits per heavy atom. The predicted octanol–water partition coefficient (Wildman–Crippen LogP) is 2.94. The van der Waals surface area contributed by atoms with Crippen molar-refractivity contribution < 1.29 is 17.9 Å². The molecule has 2 aromatic carbocycles. The Morgan fingerprint density at radius 1 is 1.07 bits per heavy atom. The molecular formula is C18H17ClN4O4S2. The van der Waals surface area contributed by atoms with Gasteiger partial charge >= 0.3 is 0 Å². The van der Waals surface area contributed by atoms with Gasteiger partial charge in [0.25, 0.3) is 15.9 Å². The van der Waals surface area contributed by atoms with Gasteiger partial charge in [-0.1, -0.05) is 53.3 Å². The van der Waals surface area contributed by atoms with E-state index in [2.05, 4.69) is 20.2 Å². The van der Waals surface area contributed by atoms with Crippen LogP contribution in [-0.2, 0) is 21.4 Å². The number of anilines is 1. The number of aromatic nitrogens is 2. The maximum Gasteiger partial charge on any atom is 0.269 e. The summed E-state index contributed by atoms with van der Waals surface area (Å²) in [4.78, 5) is 12.1. The van der Waals surface area contributed by atoms with Crippen molar-refractivity contribution in [3.63, 3.8) is 0 Å². The third kappa shape index (κ3) is 6.31. The van der Waals surface area contributed by atoms with Crippen molar-refractivity contribution in [2.75, 3.05) is 18.5 Å². The summed E-state index contributed by atoms with van der Waals surface area (Å²) in [6.07, 6.45) is 0. The molecule has 0 bridgehead atoms. The first kappa shape index (κ1) is 21.3. The number of amides is 1. The molecule has 1 heterocycles. The summed E-state index contributed by atoms with van der Waals surface area (Å²) in [5.74, 6) is -0.441. The van der Waals surface area contributed by atoms with Crippen LogP contribution in [0.5, 0.6) is 0 Å². The van der Waals surface area contributed by atoms with E-state index in [1.807, 2.05) is 30.3 Å². The van der Waals surface area contributed by atoms with Crippen LogP contribution in [0.25, 0.3) is 0 Å². The van der Waals surface area contributed by atoms with E-state index in [1.54, 1.807) is 24.3 Å². The first-order chi connectivity index (χ1) is 13.9. The van der Waals surface area contributed by atoms with Gasteiger partial charge in [-0.2, -0.15) is 0 Å². The minimum absolute atomic E-state index is 0.0747. The SMILES string of the molecule is O=C(Nc1nnc(S(=O)(=O)NCCOCc2ccccc2)s1)c1ccc(Cl)cc1. The average molecular weight is 453 g/mol. The highest BCUT2D eigenvalue weighted by Gasteiger charge is 2.20. The minimum atomic E-state index is -3.84. The van der Waals surface area contributed by atoms with Gasteiger partial charge in [0.1, 0.15) is 0 Å². The van der Waals surface area contributed by atoms with Gasteiger partial charge in [-0.25, -0.2) is 13.1 Å². The van der Waals surface area contributed by atoms with Gasteiger partial charge in [-0.3, -0.25) is 10.1 Å². The van der Waals surface area contributed by atoms with Gasteiger partial charge in [0.15, 0.2) is 0 Å². The van der Waals surface area contributed by atoms with Gasteiger partial charge in [0, 0.05) is 17.1 Å². The molecule has 11 heteroatoms. The van der Waals surface area contributed by atoms with Crippen LogP contribution in [0.1, 0.15) is 15.9 Å². The topological polar surface area (TPSA) is 110 Å². The number of benzene rings is 2. The first-order valence-electron chi connectivity index (χ1n) is 8.46. The second kappa shape index (κ2) is 9.90. The zero-order valence-corrected chi connectivity index (χ0v) is 17.4. The minimum Gasteiger partial charge on any atom is -0.375 e. The van der Waals surface area contributed by atoms with Gasteiger partial charge in [0.2, 0.25) is 9.47 Å². The van der Waals surface area contributed by atoms with Crippen molar-refractivity contribution in [3.8, 4) is 0 Å². The second-order valence-corrected chi connectivity index (χ2v) is 9.12. The fraction of sp³-hybridized carbons (Fsp3) is 0.167. The molecule has 0 spiro atoms. The Balaban J connectivity index is 1.49. The number of carbonyl (C=O) groups is 1. The third-order valence-corrected chi connectivity index (χ3v) is 6.53. The number of nitrogens with zero attached hydrogens (tertiary/aromatic N) is 2. The Bertz CT molecular complexity index is 1060. The number of hydrogen-bond donors (Lipinski definition) is 2. The van der Waals surface area contributed by atoms with E-state index in [1.165, 1.54) is 0 Å². The first-order valence-corrected chi connectivity index (χ1v) is 11.1. The molecular weight excluding hydrogens is 436 g/mol. The fourth-order valence-corrected chi connectivity index (χ4v) is 4.29. The molecule has 0 aliphatic rings. The standard InChI is InChI=1S/C18H17ClN4O4S2/c19-15-8-6-14(7-9-15)16(24)21-17-22-23-18(28-17)29(25,26)20-10-11-27-12-13-4-2-1-3-5-13/h1-9,20H,10-12H2,(H,21,22,24). The Labute approximate surface area is 176 Å². The Hall–Kier alpha value is -2.37. The lowest BCUT2D eigenvalue weighted by Gasteiger charge is -2.05. The van der Waals surface area contributed by atoms with Gasteiger partial charge in [-0.15, -0.1) is 10.2 Å². The van der Waals surface area contributed by atoms with Crippen LogP contribution in [-0.4, -0.2) is 37.7 Å². The average Bonchev–Trinajstić information content (AvgIpc) is 3.18. The molecule has 2 N–H and O–H groups in total. The number of nitrogens with one attached hydrogen (secondary N) is 2. The highest BCUT2D eigenvalue weighted by molar-refractivity contribution is 7.91. The summed E-state index contributed by atoms with van der Waals surface area (Å²) in [6, 6.07) is 15.8. The molecule has 0 saturated heterocycles. The van der Waals surface area contributed by atoms with Crippen molar-refractivity contribution in [3.05, 3.63) is 70.7 Å². The second-order valence-electron chi connectivity index (χ2n) is 5.77. The summed E-state index contributed by atoms with van der Waals surface area (Å²) in [6.45, 7) is 0.677. The van der Waals surface area contributed by atoms with Crippen LogP contribution >= 0.6 is 22.9 Å². The van der Waals surface area contributed by atoms with E-state index in [0.717, 1.165) is 16.9 Å². The smallest absolute Gasteiger partial charge is 0.269 e. The predicted molar refractivity (Wildman–Crippen MR) is 111 cm³/mol. The fourth-order valence-electron chi connectivity index (χ4n) is 2.21. The highest BCUT2D eigenvalue weighted by atomic mass is 35.5. The van der Waals surface area contributed by atoms with Crippen LogP contribution in [0.4, 0.5) is 5.13 Å². The van der Waals surface area contributed by atoms with Crippen LogP contribution in [0.2, 0.25) is 5.02 Å². The van der Waals surface area contributed by atoms with Crippen LogP contribution < -0.4 is 10.0 Å². The van der Waals surface area contributed by atoms with Crippen molar-refractivity contribution >= 4 is 44.0 Å². The van der Waals surface area contributed by atoms with E-state index >= 15 is 0 Å². The number of halogens is 1. The lowest BCUT2D eigenvalue weighted by molar-refractivity contribution is 0.102. The summed E-state index contributed by atoms with van der Waals surface area (Å²) >= 11 is 6.54. The largest absolute Gasteiger partial charge is 0.375 e. The highest BCUT2D eigenvalue weighted by Crippen LogP contribution is 2.20. The van der Waals surface area contributed by atoms with Crippen molar-refractivity contribution in [1.29, 1.82) is 0 Å². The molecule has 0 aliphatic carbocycles. The molecule has 0 radical (unpaired) electrons. The molecule has 29 heavy (non-hydrogen) atoms. The molecule has 0 unspecified atom stereocenters. The molecule has 1 amide bonds. The lowest BCUT2D eigenvalue weighted by Crippen LogP contribution is -2.27. The summed E-state index contributed by atoms with van der Waals surface area (Å²) in [7, 11) is -3.84. The molecule has 3 aromatic rings. The van der Waals surface area contributed by atoms with E-state index < -0.39 is 15.9 Å². The number of ether oxygens (including phenoxy) is 1. The molecule has 1 aromatic heterocycles. The number of sulfonamides is 1. The summed E-state index contributed by atoms with van der Waals surface area (Å²) < 4.78 is 32.2. The third-order valence-electron chi connectivity index (χ3n) is 3.61. The normalized spacial score (nSPS) is 11.3.